The molecule has 2 aromatic rings. The second-order valence-corrected chi connectivity index (χ2v) is 6.52. The zero-order chi connectivity index (χ0) is 16.7. The van der Waals surface area contributed by atoms with E-state index in [4.69, 9.17) is 4.52 Å². The number of rotatable bonds is 4. The molecule has 128 valence electrons. The van der Waals surface area contributed by atoms with E-state index in [0.717, 1.165) is 25.2 Å². The molecule has 4 rings (SSSR count). The third-order valence-electron chi connectivity index (χ3n) is 4.81. The average Bonchev–Trinajstić information content (AvgIpc) is 3.33. The number of anilines is 1. The fourth-order valence-corrected chi connectivity index (χ4v) is 3.09. The Bertz CT molecular complexity index is 731. The Kier molecular flexibility index (Phi) is 3.91. The summed E-state index contributed by atoms with van der Waals surface area (Å²) in [7, 11) is 2.02. The first kappa shape index (κ1) is 15.4. The van der Waals surface area contributed by atoms with Gasteiger partial charge in [0.25, 0.3) is 0 Å². The third kappa shape index (κ3) is 2.75. The van der Waals surface area contributed by atoms with Crippen molar-refractivity contribution < 1.29 is 8.91 Å². The molecular weight excluding hydrogens is 311 g/mol. The van der Waals surface area contributed by atoms with Gasteiger partial charge in [-0.1, -0.05) is 12.1 Å². The van der Waals surface area contributed by atoms with Crippen LogP contribution in [-0.2, 0) is 6.42 Å². The van der Waals surface area contributed by atoms with E-state index in [9.17, 15) is 4.39 Å². The molecule has 3 heterocycles. The molecule has 7 nitrogen and oxygen atoms in total. The minimum absolute atomic E-state index is 0.0572. The lowest BCUT2D eigenvalue weighted by molar-refractivity contribution is 0.176. The van der Waals surface area contributed by atoms with Gasteiger partial charge in [0.15, 0.2) is 17.5 Å². The van der Waals surface area contributed by atoms with Crippen LogP contribution in [0.25, 0.3) is 0 Å². The number of hydrogen-bond acceptors (Lipinski definition) is 7. The van der Waals surface area contributed by atoms with E-state index in [1.807, 2.05) is 18.9 Å². The highest BCUT2D eigenvalue weighted by molar-refractivity contribution is 5.42. The number of nitrogens with zero attached hydrogens (tertiary/aromatic N) is 6. The van der Waals surface area contributed by atoms with Gasteiger partial charge in [0.1, 0.15) is 12.4 Å². The van der Waals surface area contributed by atoms with Crippen molar-refractivity contribution in [2.75, 3.05) is 31.6 Å². The Hall–Kier alpha value is -2.09. The molecule has 1 aliphatic carbocycles. The third-order valence-corrected chi connectivity index (χ3v) is 4.81. The summed E-state index contributed by atoms with van der Waals surface area (Å²) in [5, 5.41) is 4.10. The number of piperazine rings is 1. The normalized spacial score (nSPS) is 22.1. The summed E-state index contributed by atoms with van der Waals surface area (Å²) in [6, 6.07) is -0.0572. The number of halogens is 1. The highest BCUT2D eigenvalue weighted by atomic mass is 19.1. The Morgan fingerprint density at radius 2 is 2.12 bits per heavy atom. The van der Waals surface area contributed by atoms with Crippen LogP contribution in [0.2, 0.25) is 0 Å². The molecule has 24 heavy (non-hydrogen) atoms. The monoisotopic (exact) mass is 332 g/mol. The SMILES string of the molecule is CCc1ncnc(N2CCN(C)[C@@H](c3nc(C4CC4)no3)C2)c1F. The summed E-state index contributed by atoms with van der Waals surface area (Å²) in [6.45, 7) is 3.93. The molecule has 2 aliphatic rings. The lowest BCUT2D eigenvalue weighted by Crippen LogP contribution is -2.47. The molecule has 0 bridgehead atoms. The highest BCUT2D eigenvalue weighted by Gasteiger charge is 2.34. The van der Waals surface area contributed by atoms with Crippen molar-refractivity contribution in [2.45, 2.75) is 38.1 Å². The van der Waals surface area contributed by atoms with Gasteiger partial charge in [0.2, 0.25) is 5.89 Å². The van der Waals surface area contributed by atoms with Gasteiger partial charge in [0.05, 0.1) is 5.69 Å². The van der Waals surface area contributed by atoms with Crippen molar-refractivity contribution in [3.63, 3.8) is 0 Å². The lowest BCUT2D eigenvalue weighted by atomic mass is 10.1. The molecule has 0 N–H and O–H groups in total. The van der Waals surface area contributed by atoms with Gasteiger partial charge < -0.3 is 9.42 Å². The van der Waals surface area contributed by atoms with Crippen molar-refractivity contribution in [1.29, 1.82) is 0 Å². The van der Waals surface area contributed by atoms with E-state index in [1.165, 1.54) is 6.33 Å². The predicted molar refractivity (Wildman–Crippen MR) is 85.2 cm³/mol. The quantitative estimate of drug-likeness (QED) is 0.847. The molecule has 8 heteroatoms. The van der Waals surface area contributed by atoms with Crippen LogP contribution >= 0.6 is 0 Å². The van der Waals surface area contributed by atoms with Crippen LogP contribution in [0.15, 0.2) is 10.9 Å². The van der Waals surface area contributed by atoms with Gasteiger partial charge in [0, 0.05) is 25.6 Å². The van der Waals surface area contributed by atoms with Crippen molar-refractivity contribution in [1.82, 2.24) is 25.0 Å². The van der Waals surface area contributed by atoms with Crippen LogP contribution in [0.4, 0.5) is 10.2 Å². The molecule has 0 radical (unpaired) electrons. The van der Waals surface area contributed by atoms with Crippen molar-refractivity contribution >= 4 is 5.82 Å². The lowest BCUT2D eigenvalue weighted by Gasteiger charge is -2.38. The molecule has 1 atom stereocenters. The minimum atomic E-state index is -0.326. The van der Waals surface area contributed by atoms with Gasteiger partial charge in [-0.3, -0.25) is 4.90 Å². The molecule has 2 aromatic heterocycles. The van der Waals surface area contributed by atoms with Gasteiger partial charge in [-0.15, -0.1) is 0 Å². The van der Waals surface area contributed by atoms with Crippen molar-refractivity contribution in [3.05, 3.63) is 29.6 Å². The standard InChI is InChI=1S/C16H21FN6O/c1-3-11-13(17)15(19-9-18-11)23-7-6-22(2)12(8-23)16-20-14(21-24-16)10-4-5-10/h9-10,12H,3-8H2,1-2H3/t12-/m1/s1. The Morgan fingerprint density at radius 3 is 2.88 bits per heavy atom. The number of likely N-dealkylation sites (N-methyl/N-ethyl adjacent to an activating group) is 1. The summed E-state index contributed by atoms with van der Waals surface area (Å²) in [5.41, 5.74) is 0.448. The molecule has 1 aliphatic heterocycles. The summed E-state index contributed by atoms with van der Waals surface area (Å²) in [6.07, 6.45) is 4.25. The molecule has 0 spiro atoms. The number of aromatic nitrogens is 4. The maximum atomic E-state index is 14.6. The van der Waals surface area contributed by atoms with Crippen LogP contribution in [-0.4, -0.2) is 51.7 Å². The zero-order valence-corrected chi connectivity index (χ0v) is 13.9. The second-order valence-electron chi connectivity index (χ2n) is 6.52. The fourth-order valence-electron chi connectivity index (χ4n) is 3.09. The Balaban J connectivity index is 1.58. The Labute approximate surface area is 139 Å². The number of hydrogen-bond donors (Lipinski definition) is 0. The molecule has 2 fully saturated rings. The second kappa shape index (κ2) is 6.08. The van der Waals surface area contributed by atoms with E-state index in [2.05, 4.69) is 25.0 Å². The number of aryl methyl sites for hydroxylation is 1. The van der Waals surface area contributed by atoms with E-state index >= 15 is 0 Å². The van der Waals surface area contributed by atoms with Gasteiger partial charge in [-0.05, 0) is 26.3 Å². The van der Waals surface area contributed by atoms with Crippen LogP contribution in [0, 0.1) is 5.82 Å². The summed E-state index contributed by atoms with van der Waals surface area (Å²) < 4.78 is 20.0. The van der Waals surface area contributed by atoms with Gasteiger partial charge in [-0.2, -0.15) is 4.98 Å². The van der Waals surface area contributed by atoms with Crippen LogP contribution in [0.5, 0.6) is 0 Å². The van der Waals surface area contributed by atoms with Crippen LogP contribution in [0.1, 0.15) is 49.1 Å². The zero-order valence-electron chi connectivity index (χ0n) is 13.9. The average molecular weight is 332 g/mol. The van der Waals surface area contributed by atoms with Gasteiger partial charge in [-0.25, -0.2) is 14.4 Å². The first-order chi connectivity index (χ1) is 11.7. The summed E-state index contributed by atoms with van der Waals surface area (Å²) in [5.74, 6) is 1.90. The summed E-state index contributed by atoms with van der Waals surface area (Å²) in [4.78, 5) is 16.8. The van der Waals surface area contributed by atoms with E-state index in [1.54, 1.807) is 0 Å². The van der Waals surface area contributed by atoms with Crippen LogP contribution in [0.3, 0.4) is 0 Å². The summed E-state index contributed by atoms with van der Waals surface area (Å²) >= 11 is 0. The molecule has 0 amide bonds. The smallest absolute Gasteiger partial charge is 0.245 e. The molecular formula is C16H21FN6O. The maximum Gasteiger partial charge on any atom is 0.245 e. The van der Waals surface area contributed by atoms with Crippen LogP contribution < -0.4 is 4.90 Å². The Morgan fingerprint density at radius 1 is 1.29 bits per heavy atom. The molecule has 0 aromatic carbocycles. The minimum Gasteiger partial charge on any atom is -0.351 e. The van der Waals surface area contributed by atoms with Gasteiger partial charge >= 0.3 is 0 Å². The first-order valence-corrected chi connectivity index (χ1v) is 8.45. The van der Waals surface area contributed by atoms with E-state index in [0.29, 0.717) is 42.8 Å². The highest BCUT2D eigenvalue weighted by Crippen LogP contribution is 2.39. The maximum absolute atomic E-state index is 14.6. The molecule has 0 unspecified atom stereocenters. The topological polar surface area (TPSA) is 71.2 Å². The van der Waals surface area contributed by atoms with Crippen molar-refractivity contribution in [2.24, 2.45) is 0 Å². The van der Waals surface area contributed by atoms with E-state index < -0.39 is 0 Å². The fraction of sp³-hybridized carbons (Fsp3) is 0.625. The first-order valence-electron chi connectivity index (χ1n) is 8.45. The van der Waals surface area contributed by atoms with E-state index in [-0.39, 0.29) is 11.9 Å². The predicted octanol–water partition coefficient (Wildman–Crippen LogP) is 1.93. The molecule has 1 saturated carbocycles. The largest absolute Gasteiger partial charge is 0.351 e. The van der Waals surface area contributed by atoms with Crippen molar-refractivity contribution in [3.8, 4) is 0 Å². The molecule has 1 saturated heterocycles.